The summed E-state index contributed by atoms with van der Waals surface area (Å²) in [6.45, 7) is 4.26. The quantitative estimate of drug-likeness (QED) is 0.790. The summed E-state index contributed by atoms with van der Waals surface area (Å²) < 4.78 is 1.83. The summed E-state index contributed by atoms with van der Waals surface area (Å²) in [4.78, 5) is 14.4. The molecule has 1 saturated heterocycles. The molecular weight excluding hydrogens is 238 g/mol. The Balaban J connectivity index is 1.95. The lowest BCUT2D eigenvalue weighted by molar-refractivity contribution is 0.0983. The van der Waals surface area contributed by atoms with Crippen LogP contribution in [-0.2, 0) is 0 Å². The second-order valence-corrected chi connectivity index (χ2v) is 5.14. The topological polar surface area (TPSA) is 37.6 Å². The van der Waals surface area contributed by atoms with Crippen molar-refractivity contribution in [2.24, 2.45) is 0 Å². The molecule has 19 heavy (non-hydrogen) atoms. The van der Waals surface area contributed by atoms with Gasteiger partial charge in [0.25, 0.3) is 0 Å². The van der Waals surface area contributed by atoms with Crippen molar-refractivity contribution in [2.75, 3.05) is 18.0 Å². The summed E-state index contributed by atoms with van der Waals surface area (Å²) in [6, 6.07) is 4.12. The van der Waals surface area contributed by atoms with E-state index >= 15 is 0 Å². The minimum absolute atomic E-state index is 0.187. The highest BCUT2D eigenvalue weighted by molar-refractivity contribution is 6.02. The van der Waals surface area contributed by atoms with Crippen LogP contribution in [0, 0.1) is 0 Å². The molecule has 4 heteroatoms. The summed E-state index contributed by atoms with van der Waals surface area (Å²) in [5, 5.41) is 4.32. The number of ketones is 1. The zero-order valence-electron chi connectivity index (χ0n) is 11.3. The van der Waals surface area contributed by atoms with Gasteiger partial charge in [-0.1, -0.05) is 6.92 Å². The van der Waals surface area contributed by atoms with Crippen LogP contribution in [0.15, 0.2) is 24.5 Å². The summed E-state index contributed by atoms with van der Waals surface area (Å²) in [7, 11) is 0. The van der Waals surface area contributed by atoms with Crippen LogP contribution in [-0.4, -0.2) is 28.5 Å². The smallest absolute Gasteiger partial charge is 0.166 e. The highest BCUT2D eigenvalue weighted by Gasteiger charge is 2.15. The Morgan fingerprint density at radius 1 is 1.32 bits per heavy atom. The fourth-order valence-corrected chi connectivity index (χ4v) is 2.71. The second kappa shape index (κ2) is 5.03. The van der Waals surface area contributed by atoms with Gasteiger partial charge in [0.05, 0.1) is 29.2 Å². The van der Waals surface area contributed by atoms with E-state index < -0.39 is 0 Å². The summed E-state index contributed by atoms with van der Waals surface area (Å²) in [6.07, 6.45) is 7.72. The van der Waals surface area contributed by atoms with E-state index in [0.717, 1.165) is 30.6 Å². The van der Waals surface area contributed by atoms with E-state index in [9.17, 15) is 4.79 Å². The normalized spacial score (nSPS) is 15.3. The maximum Gasteiger partial charge on any atom is 0.166 e. The first-order valence-corrected chi connectivity index (χ1v) is 7.05. The third-order valence-corrected chi connectivity index (χ3v) is 3.75. The van der Waals surface area contributed by atoms with E-state index in [4.69, 9.17) is 0 Å². The number of hydrogen-bond donors (Lipinski definition) is 0. The minimum Gasteiger partial charge on any atom is -0.370 e. The molecule has 0 spiro atoms. The molecule has 0 amide bonds. The Bertz CT molecular complexity index is 596. The van der Waals surface area contributed by atoms with Crippen LogP contribution >= 0.6 is 0 Å². The minimum atomic E-state index is 0.187. The van der Waals surface area contributed by atoms with Gasteiger partial charge in [0.1, 0.15) is 0 Å². The Kier molecular flexibility index (Phi) is 3.23. The zero-order valence-corrected chi connectivity index (χ0v) is 11.3. The van der Waals surface area contributed by atoms with Gasteiger partial charge in [0.2, 0.25) is 0 Å². The molecule has 1 aliphatic heterocycles. The highest BCUT2D eigenvalue weighted by Crippen LogP contribution is 2.22. The first kappa shape index (κ1) is 12.2. The van der Waals surface area contributed by atoms with Gasteiger partial charge in [-0.3, -0.25) is 4.79 Å². The number of fused-ring (bicyclic) bond motifs is 1. The van der Waals surface area contributed by atoms with Crippen LogP contribution in [0.2, 0.25) is 0 Å². The largest absolute Gasteiger partial charge is 0.370 e. The lowest BCUT2D eigenvalue weighted by Crippen LogP contribution is -2.17. The number of aromatic nitrogens is 2. The SMILES string of the molecule is CCCC(=O)c1cnn2cc(N3CCCC3)ccc12. The van der Waals surface area contributed by atoms with Gasteiger partial charge >= 0.3 is 0 Å². The number of rotatable bonds is 4. The van der Waals surface area contributed by atoms with Crippen molar-refractivity contribution in [3.63, 3.8) is 0 Å². The van der Waals surface area contributed by atoms with Crippen LogP contribution in [0.4, 0.5) is 5.69 Å². The number of anilines is 1. The summed E-state index contributed by atoms with van der Waals surface area (Å²) in [5.41, 5.74) is 2.86. The number of carbonyl (C=O) groups excluding carboxylic acids is 1. The Hall–Kier alpha value is -1.84. The standard InChI is InChI=1S/C15H19N3O/c1-2-5-15(19)13-10-16-18-11-12(6-7-14(13)18)17-8-3-4-9-17/h6-7,10-11H,2-5,8-9H2,1H3. The predicted molar refractivity (Wildman–Crippen MR) is 75.9 cm³/mol. The molecular formula is C15H19N3O. The van der Waals surface area contributed by atoms with Crippen LogP contribution < -0.4 is 4.90 Å². The Morgan fingerprint density at radius 2 is 2.11 bits per heavy atom. The lowest BCUT2D eigenvalue weighted by atomic mass is 10.1. The van der Waals surface area contributed by atoms with Crippen molar-refractivity contribution < 1.29 is 4.79 Å². The first-order chi connectivity index (χ1) is 9.29. The van der Waals surface area contributed by atoms with Crippen molar-refractivity contribution in [3.05, 3.63) is 30.1 Å². The average molecular weight is 257 g/mol. The fraction of sp³-hybridized carbons (Fsp3) is 0.467. The molecule has 3 rings (SSSR count). The van der Waals surface area contributed by atoms with Gasteiger partial charge in [0.15, 0.2) is 5.78 Å². The maximum atomic E-state index is 12.0. The molecule has 1 fully saturated rings. The van der Waals surface area contributed by atoms with Crippen molar-refractivity contribution in [1.82, 2.24) is 9.61 Å². The fourth-order valence-electron chi connectivity index (χ4n) is 2.71. The second-order valence-electron chi connectivity index (χ2n) is 5.14. The van der Waals surface area contributed by atoms with Gasteiger partial charge in [-0.05, 0) is 31.4 Å². The van der Waals surface area contributed by atoms with E-state index in [2.05, 4.69) is 16.1 Å². The molecule has 0 radical (unpaired) electrons. The monoisotopic (exact) mass is 257 g/mol. The summed E-state index contributed by atoms with van der Waals surface area (Å²) in [5.74, 6) is 0.187. The van der Waals surface area contributed by atoms with Gasteiger partial charge in [-0.2, -0.15) is 5.10 Å². The van der Waals surface area contributed by atoms with Crippen molar-refractivity contribution in [1.29, 1.82) is 0 Å². The van der Waals surface area contributed by atoms with E-state index in [1.54, 1.807) is 6.20 Å². The van der Waals surface area contributed by atoms with Crippen LogP contribution in [0.3, 0.4) is 0 Å². The summed E-state index contributed by atoms with van der Waals surface area (Å²) >= 11 is 0. The van der Waals surface area contributed by atoms with Crippen molar-refractivity contribution in [3.8, 4) is 0 Å². The molecule has 0 saturated carbocycles. The van der Waals surface area contributed by atoms with E-state index in [0.29, 0.717) is 6.42 Å². The lowest BCUT2D eigenvalue weighted by Gasteiger charge is -2.17. The molecule has 1 aliphatic rings. The zero-order chi connectivity index (χ0) is 13.2. The van der Waals surface area contributed by atoms with E-state index in [1.165, 1.54) is 18.5 Å². The number of carbonyl (C=O) groups is 1. The first-order valence-electron chi connectivity index (χ1n) is 7.05. The molecule has 3 heterocycles. The van der Waals surface area contributed by atoms with E-state index in [-0.39, 0.29) is 5.78 Å². The number of hydrogen-bond acceptors (Lipinski definition) is 3. The van der Waals surface area contributed by atoms with Crippen LogP contribution in [0.25, 0.3) is 5.52 Å². The van der Waals surface area contributed by atoms with E-state index in [1.807, 2.05) is 23.7 Å². The van der Waals surface area contributed by atoms with Gasteiger partial charge < -0.3 is 4.90 Å². The average Bonchev–Trinajstić information content (AvgIpc) is 3.07. The van der Waals surface area contributed by atoms with Crippen LogP contribution in [0.1, 0.15) is 43.0 Å². The molecule has 4 nitrogen and oxygen atoms in total. The van der Waals surface area contributed by atoms with Gasteiger partial charge in [-0.15, -0.1) is 0 Å². The highest BCUT2D eigenvalue weighted by atomic mass is 16.1. The molecule has 0 aromatic carbocycles. The number of Topliss-reactive ketones (excluding diaryl/α,β-unsaturated/α-hetero) is 1. The van der Waals surface area contributed by atoms with Gasteiger partial charge in [0, 0.05) is 19.5 Å². The van der Waals surface area contributed by atoms with Crippen LogP contribution in [0.5, 0.6) is 0 Å². The molecule has 0 N–H and O–H groups in total. The molecule has 0 aliphatic carbocycles. The van der Waals surface area contributed by atoms with Crippen molar-refractivity contribution in [2.45, 2.75) is 32.6 Å². The predicted octanol–water partition coefficient (Wildman–Crippen LogP) is 2.92. The third-order valence-electron chi connectivity index (χ3n) is 3.75. The third kappa shape index (κ3) is 2.23. The molecule has 100 valence electrons. The number of pyridine rings is 1. The molecule has 0 unspecified atom stereocenters. The molecule has 0 atom stereocenters. The number of nitrogens with zero attached hydrogens (tertiary/aromatic N) is 3. The maximum absolute atomic E-state index is 12.0. The Morgan fingerprint density at radius 3 is 2.84 bits per heavy atom. The van der Waals surface area contributed by atoms with Gasteiger partial charge in [-0.25, -0.2) is 4.52 Å². The molecule has 2 aromatic rings. The molecule has 0 bridgehead atoms. The van der Waals surface area contributed by atoms with Crippen molar-refractivity contribution >= 4 is 17.0 Å². The Labute approximate surface area is 113 Å². The molecule has 2 aromatic heterocycles.